The van der Waals surface area contributed by atoms with Gasteiger partial charge in [0, 0.05) is 43.3 Å². The number of hydrogen-bond acceptors (Lipinski definition) is 20. The van der Waals surface area contributed by atoms with Crippen LogP contribution in [0.1, 0.15) is 178 Å². The van der Waals surface area contributed by atoms with Crippen LogP contribution in [0.25, 0.3) is 0 Å². The Morgan fingerprint density at radius 1 is 0.600 bits per heavy atom. The number of amides is 11. The molecular weight excluding hydrogens is 1260 g/mol. The molecule has 0 aromatic heterocycles. The number of carbonyl (C=O) groups excluding carboxylic acids is 14. The van der Waals surface area contributed by atoms with Gasteiger partial charge < -0.3 is 89.0 Å². The van der Waals surface area contributed by atoms with Crippen molar-refractivity contribution >= 4 is 94.1 Å². The van der Waals surface area contributed by atoms with Crippen molar-refractivity contribution < 1.29 is 91.9 Å². The van der Waals surface area contributed by atoms with Crippen LogP contribution in [0.3, 0.4) is 0 Å². The Labute approximate surface area is 558 Å². The van der Waals surface area contributed by atoms with E-state index < -0.39 is 184 Å². The standard InChI is InChI=1S/C63H99ClN12O19/c1-11-13-14-15-16-17-21-37-54(86)68-38(22-18-24-76-30-36-46(51(83)63(76)23-19-25-94-63)47(64)52(84)62(10,50(36)82)95-45(81)20-12-2)55(87)74-48(34(8)77)60(92)67-33(7)53(85)70-41(28-43(65)79)57(89)72-42(29-44(66)80)58(90)71-40(27-32(5)6)59(91)75-49(35(9)78)61(93)73-39(26-31(3)4)56(88)69-37/h30-35,37-42,48-49,51,77-78,83H,11-29H2,1-10H3,(H2,65,79)(H2,66,80)(H,67,92)(H,68,86)(H,69,88)(H,70,85)(H,71,90)(H,72,89)(H,73,93)(H,74,87)(H,75,91)/t33-,34+,35+,37-,38+,39-,40-,41+,42-,48-,49-,51+,62+,63-/m0/s1. The first-order valence-corrected chi connectivity index (χ1v) is 33.1. The van der Waals surface area contributed by atoms with E-state index in [-0.39, 0.29) is 81.1 Å². The summed E-state index contributed by atoms with van der Waals surface area (Å²) in [5.41, 5.74) is 6.34. The highest BCUT2D eigenvalue weighted by Gasteiger charge is 2.60. The summed E-state index contributed by atoms with van der Waals surface area (Å²) in [6.07, 6.45) is -1.28. The Kier molecular flexibility index (Phi) is 30.7. The van der Waals surface area contributed by atoms with Gasteiger partial charge in [0.1, 0.15) is 60.5 Å². The minimum Gasteiger partial charge on any atom is -0.442 e. The zero-order valence-corrected chi connectivity index (χ0v) is 56.7. The lowest BCUT2D eigenvalue weighted by Gasteiger charge is -2.49. The van der Waals surface area contributed by atoms with Gasteiger partial charge in [0.05, 0.1) is 30.1 Å². The number of rotatable bonds is 24. The molecule has 11 amide bonds. The third-order valence-corrected chi connectivity index (χ3v) is 17.1. The molecule has 14 atom stereocenters. The van der Waals surface area contributed by atoms with Crippen LogP contribution in [-0.4, -0.2) is 200 Å². The van der Waals surface area contributed by atoms with Crippen LogP contribution in [0, 0.1) is 11.8 Å². The number of Topliss-reactive ketones (excluding diaryl/α,β-unsaturated/α-hetero) is 2. The average Bonchev–Trinajstić information content (AvgIpc) is 1.65. The number of aliphatic hydroxyl groups excluding tert-OH is 3. The molecule has 4 rings (SSSR count). The highest BCUT2D eigenvalue weighted by Crippen LogP contribution is 2.48. The molecule has 32 heteroatoms. The Hall–Kier alpha value is -7.61. The number of aliphatic hydroxyl groups is 3. The fourth-order valence-electron chi connectivity index (χ4n) is 11.6. The van der Waals surface area contributed by atoms with Crippen LogP contribution in [0.2, 0.25) is 0 Å². The number of esters is 1. The Morgan fingerprint density at radius 3 is 1.52 bits per heavy atom. The first kappa shape index (κ1) is 79.8. The van der Waals surface area contributed by atoms with E-state index >= 15 is 4.79 Å². The van der Waals surface area contributed by atoms with Gasteiger partial charge in [0.15, 0.2) is 5.72 Å². The van der Waals surface area contributed by atoms with Crippen LogP contribution < -0.4 is 59.3 Å². The highest BCUT2D eigenvalue weighted by molar-refractivity contribution is 6.49. The fraction of sp³-hybridized carbons (Fsp3) is 0.714. The minimum atomic E-state index is -2.42. The molecule has 3 aliphatic heterocycles. The summed E-state index contributed by atoms with van der Waals surface area (Å²) in [4.78, 5) is 196. The van der Waals surface area contributed by atoms with E-state index in [0.29, 0.717) is 25.7 Å². The van der Waals surface area contributed by atoms with E-state index in [4.69, 9.17) is 32.5 Å². The van der Waals surface area contributed by atoms with Crippen molar-refractivity contribution in [3.05, 3.63) is 22.4 Å². The predicted molar refractivity (Wildman–Crippen MR) is 341 cm³/mol. The third-order valence-electron chi connectivity index (χ3n) is 16.8. The van der Waals surface area contributed by atoms with Gasteiger partial charge in [-0.2, -0.15) is 0 Å². The molecule has 0 saturated carbocycles. The smallest absolute Gasteiger partial charge is 0.307 e. The number of unbranched alkanes of at least 4 members (excludes halogenated alkanes) is 5. The second-order valence-corrected chi connectivity index (χ2v) is 26.3. The van der Waals surface area contributed by atoms with E-state index in [9.17, 15) is 77.6 Å². The Morgan fingerprint density at radius 2 is 1.03 bits per heavy atom. The monoisotopic (exact) mass is 1360 g/mol. The van der Waals surface area contributed by atoms with Gasteiger partial charge in [0.25, 0.3) is 0 Å². The molecular formula is C63H99ClN12O19. The van der Waals surface area contributed by atoms with E-state index in [1.807, 2.05) is 6.92 Å². The van der Waals surface area contributed by atoms with Gasteiger partial charge in [-0.25, -0.2) is 0 Å². The third kappa shape index (κ3) is 22.0. The molecule has 3 heterocycles. The molecule has 0 aromatic carbocycles. The van der Waals surface area contributed by atoms with Crippen molar-refractivity contribution in [1.82, 2.24) is 52.8 Å². The highest BCUT2D eigenvalue weighted by atomic mass is 35.5. The summed E-state index contributed by atoms with van der Waals surface area (Å²) < 4.78 is 11.7. The van der Waals surface area contributed by atoms with Crippen LogP contribution in [0.5, 0.6) is 0 Å². The Bertz CT molecular complexity index is 2910. The van der Waals surface area contributed by atoms with Crippen molar-refractivity contribution in [2.75, 3.05) is 13.2 Å². The van der Waals surface area contributed by atoms with Crippen molar-refractivity contribution in [3.63, 3.8) is 0 Å². The molecule has 0 unspecified atom stereocenters. The van der Waals surface area contributed by atoms with Crippen molar-refractivity contribution in [3.8, 4) is 0 Å². The van der Waals surface area contributed by atoms with Gasteiger partial charge >= 0.3 is 5.97 Å². The first-order valence-electron chi connectivity index (χ1n) is 32.7. The van der Waals surface area contributed by atoms with Gasteiger partial charge in [-0.3, -0.25) is 67.1 Å². The van der Waals surface area contributed by atoms with Crippen LogP contribution in [0.15, 0.2) is 22.4 Å². The summed E-state index contributed by atoms with van der Waals surface area (Å²) in [7, 11) is 0. The number of halogens is 1. The minimum absolute atomic E-state index is 0.0310. The number of hydrogen-bond donors (Lipinski definition) is 14. The zero-order valence-electron chi connectivity index (χ0n) is 55.9. The average molecular weight is 1360 g/mol. The van der Waals surface area contributed by atoms with Gasteiger partial charge in [-0.15, -0.1) is 0 Å². The van der Waals surface area contributed by atoms with Crippen molar-refractivity contribution in [2.24, 2.45) is 23.3 Å². The van der Waals surface area contributed by atoms with E-state index in [1.165, 1.54) is 18.0 Å². The lowest BCUT2D eigenvalue weighted by molar-refractivity contribution is -0.174. The first-order chi connectivity index (χ1) is 44.5. The fourth-order valence-corrected chi connectivity index (χ4v) is 12.0. The SMILES string of the molecule is CCCCCCCC[C@@H]1NC(=O)[C@H](CC(C)C)NC(=O)[C@H]([C@@H](C)O)NC(=O)[C@H](CC(C)C)NC(=O)[C@H](CC(N)=O)NC(=O)[C@@H](CC(N)=O)NC(=O)[C@H](C)NC(=O)[C@H]([C@@H](C)O)NC(=O)[C@@H](CCCN2C=C3C(=O)[C@@](C)(OC(=O)CCC)C(=O)C(Cl)=C3[C@@H](O)[C@@]23CCCO3)NC1=O. The lowest BCUT2D eigenvalue weighted by atomic mass is 9.74. The van der Waals surface area contributed by atoms with E-state index in [0.717, 1.165) is 46.5 Å². The Balaban J connectivity index is 1.89. The molecule has 2 fully saturated rings. The maximum atomic E-state index is 15.0. The zero-order chi connectivity index (χ0) is 71.4. The summed E-state index contributed by atoms with van der Waals surface area (Å²) in [5.74, 6) is -15.8. The van der Waals surface area contributed by atoms with Gasteiger partial charge in [-0.1, -0.05) is 91.7 Å². The second kappa shape index (κ2) is 36.5. The summed E-state index contributed by atoms with van der Waals surface area (Å²) >= 11 is 6.67. The molecule has 0 aromatic rings. The van der Waals surface area contributed by atoms with Crippen molar-refractivity contribution in [1.29, 1.82) is 0 Å². The topological polar surface area (TPSA) is 482 Å². The molecule has 2 saturated heterocycles. The molecule has 0 bridgehead atoms. The molecule has 1 aliphatic carbocycles. The predicted octanol–water partition coefficient (Wildman–Crippen LogP) is -1.67. The number of nitrogens with one attached hydrogen (secondary N) is 9. The number of fused-ring (bicyclic) bond motifs is 1. The summed E-state index contributed by atoms with van der Waals surface area (Å²) in [6.45, 7) is 15.0. The number of nitrogens with zero attached hydrogens (tertiary/aromatic N) is 1. The van der Waals surface area contributed by atoms with Gasteiger partial charge in [0.2, 0.25) is 82.1 Å². The molecule has 95 heavy (non-hydrogen) atoms. The molecule has 31 nitrogen and oxygen atoms in total. The normalized spacial score (nSPS) is 28.9. The van der Waals surface area contributed by atoms with Crippen LogP contribution in [0.4, 0.5) is 0 Å². The van der Waals surface area contributed by atoms with Crippen LogP contribution in [-0.2, 0) is 76.6 Å². The molecule has 1 spiro atoms. The number of ketones is 2. The van der Waals surface area contributed by atoms with E-state index in [1.54, 1.807) is 34.6 Å². The molecule has 4 aliphatic rings. The lowest BCUT2D eigenvalue weighted by Crippen LogP contribution is -2.62. The summed E-state index contributed by atoms with van der Waals surface area (Å²) in [5, 5.41) is 55.9. The number of primary amides is 2. The molecule has 0 radical (unpaired) electrons. The maximum absolute atomic E-state index is 15.0. The summed E-state index contributed by atoms with van der Waals surface area (Å²) in [6, 6.07) is -15.3. The molecule has 532 valence electrons. The molecule has 16 N–H and O–H groups in total. The van der Waals surface area contributed by atoms with Crippen molar-refractivity contribution in [2.45, 2.75) is 262 Å². The van der Waals surface area contributed by atoms with Gasteiger partial charge in [-0.05, 0) is 84.5 Å². The quantitative estimate of drug-likeness (QED) is 0.0292. The largest absolute Gasteiger partial charge is 0.442 e. The number of carbonyl (C=O) groups is 14. The van der Waals surface area contributed by atoms with Crippen LogP contribution >= 0.6 is 11.6 Å². The maximum Gasteiger partial charge on any atom is 0.307 e. The van der Waals surface area contributed by atoms with E-state index in [2.05, 4.69) is 47.9 Å². The second-order valence-electron chi connectivity index (χ2n) is 25.9. The number of nitrogens with two attached hydrogens (primary N) is 2. The number of ether oxygens (including phenoxy) is 2.